The first-order chi connectivity index (χ1) is 13.8. The summed E-state index contributed by atoms with van der Waals surface area (Å²) in [4.78, 5) is 29.9. The minimum atomic E-state index is -3.63. The van der Waals surface area contributed by atoms with Gasteiger partial charge in [-0.05, 0) is 50.2 Å². The van der Waals surface area contributed by atoms with E-state index in [-0.39, 0.29) is 29.8 Å². The van der Waals surface area contributed by atoms with Gasteiger partial charge < -0.3 is 14.7 Å². The highest BCUT2D eigenvalue weighted by Crippen LogP contribution is 2.19. The molecule has 29 heavy (non-hydrogen) atoms. The van der Waals surface area contributed by atoms with Crippen molar-refractivity contribution in [2.75, 3.05) is 59.4 Å². The summed E-state index contributed by atoms with van der Waals surface area (Å²) in [6.07, 6.45) is 2.44. The first kappa shape index (κ1) is 21.7. The minimum Gasteiger partial charge on any atom is -0.340 e. The predicted octanol–water partition coefficient (Wildman–Crippen LogP) is 0.707. The van der Waals surface area contributed by atoms with Crippen molar-refractivity contribution in [2.24, 2.45) is 0 Å². The number of hydrogen-bond donors (Lipinski definition) is 0. The van der Waals surface area contributed by atoms with Crippen molar-refractivity contribution < 1.29 is 18.0 Å². The van der Waals surface area contributed by atoms with E-state index in [9.17, 15) is 18.0 Å². The van der Waals surface area contributed by atoms with Gasteiger partial charge in [0.2, 0.25) is 15.9 Å². The molecule has 1 aromatic carbocycles. The zero-order valence-electron chi connectivity index (χ0n) is 17.2. The number of likely N-dealkylation sites (tertiary alicyclic amines) is 1. The van der Waals surface area contributed by atoms with E-state index in [1.54, 1.807) is 29.0 Å². The van der Waals surface area contributed by atoms with Crippen molar-refractivity contribution in [1.29, 1.82) is 0 Å². The van der Waals surface area contributed by atoms with Crippen molar-refractivity contribution in [3.8, 4) is 0 Å². The molecule has 2 fully saturated rings. The number of benzene rings is 1. The molecule has 0 aliphatic carbocycles. The zero-order valence-corrected chi connectivity index (χ0v) is 18.0. The molecule has 2 amide bonds. The molecular weight excluding hydrogens is 392 g/mol. The van der Waals surface area contributed by atoms with Crippen LogP contribution in [0.25, 0.3) is 0 Å². The first-order valence-electron chi connectivity index (χ1n) is 10.1. The fourth-order valence-corrected chi connectivity index (χ4v) is 5.20. The van der Waals surface area contributed by atoms with Crippen LogP contribution in [0.3, 0.4) is 0 Å². The Bertz CT molecular complexity index is 827. The fourth-order valence-electron chi connectivity index (χ4n) is 3.78. The molecule has 2 aliphatic heterocycles. The van der Waals surface area contributed by atoms with E-state index in [1.165, 1.54) is 36.2 Å². The first-order valence-corrected chi connectivity index (χ1v) is 11.6. The van der Waals surface area contributed by atoms with Gasteiger partial charge in [-0.3, -0.25) is 9.59 Å². The van der Waals surface area contributed by atoms with E-state index in [1.807, 2.05) is 0 Å². The molecule has 0 aromatic heterocycles. The maximum atomic E-state index is 12.8. The van der Waals surface area contributed by atoms with Crippen molar-refractivity contribution >= 4 is 21.8 Å². The highest BCUT2D eigenvalue weighted by atomic mass is 32.2. The lowest BCUT2D eigenvalue weighted by Crippen LogP contribution is -2.49. The zero-order chi connectivity index (χ0) is 21.0. The Morgan fingerprint density at radius 2 is 1.55 bits per heavy atom. The summed E-state index contributed by atoms with van der Waals surface area (Å²) >= 11 is 0. The Balaban J connectivity index is 1.59. The molecule has 3 rings (SSSR count). The number of nitrogens with zero attached hydrogens (tertiary/aromatic N) is 4. The van der Waals surface area contributed by atoms with E-state index in [0.29, 0.717) is 25.2 Å². The lowest BCUT2D eigenvalue weighted by molar-refractivity contribution is -0.129. The Hall–Kier alpha value is -1.97. The highest BCUT2D eigenvalue weighted by Gasteiger charge is 2.29. The number of carbonyl (C=O) groups is 2. The number of sulfonamides is 1. The maximum absolute atomic E-state index is 12.8. The molecule has 0 saturated carbocycles. The van der Waals surface area contributed by atoms with Gasteiger partial charge in [-0.1, -0.05) is 0 Å². The Kier molecular flexibility index (Phi) is 6.92. The molecule has 0 radical (unpaired) electrons. The van der Waals surface area contributed by atoms with Crippen LogP contribution in [0.4, 0.5) is 0 Å². The standard InChI is InChI=1S/C20H30N4O4S/c1-17(25)23-13-15-24(16-14-23)29(27,28)19-7-5-18(6-8-19)20(26)21(2)11-12-22-9-3-4-10-22/h5-8H,3-4,9-16H2,1-2H3. The number of likely N-dealkylation sites (N-methyl/N-ethyl adjacent to an activating group) is 1. The number of rotatable bonds is 6. The smallest absolute Gasteiger partial charge is 0.253 e. The van der Waals surface area contributed by atoms with Crippen LogP contribution < -0.4 is 0 Å². The third-order valence-electron chi connectivity index (χ3n) is 5.72. The summed E-state index contributed by atoms with van der Waals surface area (Å²) in [5.41, 5.74) is 0.481. The van der Waals surface area contributed by atoms with E-state index < -0.39 is 10.0 Å². The number of hydrogen-bond acceptors (Lipinski definition) is 5. The monoisotopic (exact) mass is 422 g/mol. The van der Waals surface area contributed by atoms with Gasteiger partial charge in [0.05, 0.1) is 4.90 Å². The molecule has 0 atom stereocenters. The van der Waals surface area contributed by atoms with E-state index in [0.717, 1.165) is 19.6 Å². The van der Waals surface area contributed by atoms with Crippen LogP contribution in [-0.4, -0.2) is 98.6 Å². The number of amides is 2. The summed E-state index contributed by atoms with van der Waals surface area (Å²) in [5, 5.41) is 0. The summed E-state index contributed by atoms with van der Waals surface area (Å²) in [6, 6.07) is 6.14. The largest absolute Gasteiger partial charge is 0.340 e. The molecule has 0 spiro atoms. The van der Waals surface area contributed by atoms with Gasteiger partial charge in [-0.15, -0.1) is 0 Å². The lowest BCUT2D eigenvalue weighted by Gasteiger charge is -2.33. The average Bonchev–Trinajstić information content (AvgIpc) is 3.25. The van der Waals surface area contributed by atoms with Gasteiger partial charge in [-0.25, -0.2) is 8.42 Å². The Morgan fingerprint density at radius 1 is 0.966 bits per heavy atom. The normalized spacial score (nSPS) is 18.8. The van der Waals surface area contributed by atoms with Crippen LogP contribution >= 0.6 is 0 Å². The van der Waals surface area contributed by atoms with Gasteiger partial charge in [-0.2, -0.15) is 4.31 Å². The van der Waals surface area contributed by atoms with Gasteiger partial charge in [0, 0.05) is 58.8 Å². The summed E-state index contributed by atoms with van der Waals surface area (Å²) < 4.78 is 27.1. The van der Waals surface area contributed by atoms with Gasteiger partial charge in [0.15, 0.2) is 0 Å². The SMILES string of the molecule is CC(=O)N1CCN(S(=O)(=O)c2ccc(C(=O)N(C)CCN3CCCC3)cc2)CC1. The molecule has 2 aliphatic rings. The van der Waals surface area contributed by atoms with E-state index in [2.05, 4.69) is 4.90 Å². The van der Waals surface area contributed by atoms with Crippen LogP contribution in [0.5, 0.6) is 0 Å². The van der Waals surface area contributed by atoms with Gasteiger partial charge in [0.25, 0.3) is 5.91 Å². The second kappa shape index (κ2) is 9.23. The third kappa shape index (κ3) is 5.15. The third-order valence-corrected chi connectivity index (χ3v) is 7.63. The van der Waals surface area contributed by atoms with Crippen molar-refractivity contribution in [3.63, 3.8) is 0 Å². The molecule has 1 aromatic rings. The van der Waals surface area contributed by atoms with Gasteiger partial charge >= 0.3 is 0 Å². The lowest BCUT2D eigenvalue weighted by atomic mass is 10.2. The maximum Gasteiger partial charge on any atom is 0.253 e. The molecule has 0 N–H and O–H groups in total. The Labute approximate surface area is 173 Å². The second-order valence-electron chi connectivity index (χ2n) is 7.71. The molecule has 2 heterocycles. The van der Waals surface area contributed by atoms with Crippen LogP contribution in [0, 0.1) is 0 Å². The van der Waals surface area contributed by atoms with E-state index in [4.69, 9.17) is 0 Å². The second-order valence-corrected chi connectivity index (χ2v) is 9.65. The molecule has 8 nitrogen and oxygen atoms in total. The number of carbonyl (C=O) groups excluding carboxylic acids is 2. The van der Waals surface area contributed by atoms with Gasteiger partial charge in [0.1, 0.15) is 0 Å². The molecule has 160 valence electrons. The number of piperazine rings is 1. The van der Waals surface area contributed by atoms with Crippen molar-refractivity contribution in [1.82, 2.24) is 19.0 Å². The van der Waals surface area contributed by atoms with Crippen molar-refractivity contribution in [2.45, 2.75) is 24.7 Å². The van der Waals surface area contributed by atoms with E-state index >= 15 is 0 Å². The summed E-state index contributed by atoms with van der Waals surface area (Å²) in [5.74, 6) is -0.151. The molecule has 9 heteroatoms. The topological polar surface area (TPSA) is 81.2 Å². The summed E-state index contributed by atoms with van der Waals surface area (Å²) in [7, 11) is -1.86. The average molecular weight is 423 g/mol. The quantitative estimate of drug-likeness (QED) is 0.674. The summed E-state index contributed by atoms with van der Waals surface area (Å²) in [6.45, 7) is 6.54. The molecule has 0 bridgehead atoms. The highest BCUT2D eigenvalue weighted by molar-refractivity contribution is 7.89. The Morgan fingerprint density at radius 3 is 2.10 bits per heavy atom. The predicted molar refractivity (Wildman–Crippen MR) is 110 cm³/mol. The van der Waals surface area contributed by atoms with Crippen LogP contribution in [0.15, 0.2) is 29.2 Å². The van der Waals surface area contributed by atoms with Crippen molar-refractivity contribution in [3.05, 3.63) is 29.8 Å². The van der Waals surface area contributed by atoms with Crippen LogP contribution in [0.1, 0.15) is 30.1 Å². The molecule has 0 unspecified atom stereocenters. The van der Waals surface area contributed by atoms with Crippen LogP contribution in [-0.2, 0) is 14.8 Å². The van der Waals surface area contributed by atoms with Crippen LogP contribution in [0.2, 0.25) is 0 Å². The molecule has 2 saturated heterocycles. The fraction of sp³-hybridized carbons (Fsp3) is 0.600. The minimum absolute atomic E-state index is 0.0428. The molecular formula is C20H30N4O4S.